The van der Waals surface area contributed by atoms with Gasteiger partial charge in [-0.3, -0.25) is 4.79 Å². The van der Waals surface area contributed by atoms with Crippen LogP contribution in [0.1, 0.15) is 122 Å². The number of hydrogen-bond acceptors (Lipinski definition) is 3. The highest BCUT2D eigenvalue weighted by Gasteiger charge is 2.04. The molecule has 2 rings (SSSR count). The third-order valence-electron chi connectivity index (χ3n) is 7.33. The molecule has 1 heterocycles. The molecule has 218 valence electrons. The highest BCUT2D eigenvalue weighted by atomic mass is 16.2. The minimum Gasteiger partial charge on any atom is -0.338 e. The molecular formula is C33H54N4O2. The summed E-state index contributed by atoms with van der Waals surface area (Å²) in [7, 11) is 0. The minimum atomic E-state index is -0.0997. The molecule has 1 aromatic carbocycles. The molecule has 0 atom stereocenters. The van der Waals surface area contributed by atoms with E-state index in [0.717, 1.165) is 37.1 Å². The Kier molecular flexibility index (Phi) is 18.6. The fourth-order valence-corrected chi connectivity index (χ4v) is 4.90. The summed E-state index contributed by atoms with van der Waals surface area (Å²) in [4.78, 5) is 24.1. The van der Waals surface area contributed by atoms with Crippen LogP contribution in [0.3, 0.4) is 0 Å². The maximum absolute atomic E-state index is 12.1. The molecule has 2 N–H and O–H groups in total. The lowest BCUT2D eigenvalue weighted by atomic mass is 10.0. The second kappa shape index (κ2) is 22.2. The van der Waals surface area contributed by atoms with E-state index in [2.05, 4.69) is 22.7 Å². The Morgan fingerprint density at radius 3 is 1.67 bits per heavy atom. The Bertz CT molecular complexity index is 929. The van der Waals surface area contributed by atoms with Gasteiger partial charge in [-0.05, 0) is 25.3 Å². The normalized spacial score (nSPS) is 11.0. The summed E-state index contributed by atoms with van der Waals surface area (Å²) in [5.41, 5.74) is 1.69. The molecule has 1 aromatic heterocycles. The monoisotopic (exact) mass is 538 g/mol. The minimum absolute atomic E-state index is 0.0980. The van der Waals surface area contributed by atoms with E-state index in [-0.39, 0.29) is 11.6 Å². The number of rotatable bonds is 23. The predicted molar refractivity (Wildman–Crippen MR) is 164 cm³/mol. The molecule has 39 heavy (non-hydrogen) atoms. The number of hydrogen-bond donors (Lipinski definition) is 2. The molecule has 0 saturated heterocycles. The van der Waals surface area contributed by atoms with Crippen LogP contribution in [-0.2, 0) is 6.54 Å². The van der Waals surface area contributed by atoms with Crippen molar-refractivity contribution in [1.29, 1.82) is 0 Å². The van der Waals surface area contributed by atoms with Crippen molar-refractivity contribution in [2.24, 2.45) is 0 Å². The Morgan fingerprint density at radius 2 is 1.13 bits per heavy atom. The standard InChI is InChI=1S/C33H54N4O2/c1-2-3-4-5-6-7-8-9-10-11-12-13-14-15-16-20-27-34-33(39)35-28-21-22-29-37-32(38)26-25-31(36-37)30-23-18-17-19-24-30/h17-19,23-26H,2-16,20-22,27-29H2,1H3,(H2,34,35,39). The SMILES string of the molecule is CCCCCCCCCCCCCCCCCCNC(=O)NCCCCn1nc(-c2ccccc2)ccc1=O. The van der Waals surface area contributed by atoms with Gasteiger partial charge in [0.1, 0.15) is 0 Å². The molecule has 0 unspecified atom stereocenters. The molecule has 0 bridgehead atoms. The van der Waals surface area contributed by atoms with Crippen molar-refractivity contribution < 1.29 is 4.79 Å². The zero-order valence-electron chi connectivity index (χ0n) is 24.6. The van der Waals surface area contributed by atoms with Crippen molar-refractivity contribution >= 4 is 6.03 Å². The molecule has 0 radical (unpaired) electrons. The van der Waals surface area contributed by atoms with E-state index in [4.69, 9.17) is 0 Å². The second-order valence-corrected chi connectivity index (χ2v) is 10.8. The lowest BCUT2D eigenvalue weighted by Gasteiger charge is -2.09. The number of aromatic nitrogens is 2. The number of carbonyl (C=O) groups excluding carboxylic acids is 1. The van der Waals surface area contributed by atoms with Crippen molar-refractivity contribution in [3.8, 4) is 11.3 Å². The lowest BCUT2D eigenvalue weighted by molar-refractivity contribution is 0.240. The van der Waals surface area contributed by atoms with Gasteiger partial charge in [-0.25, -0.2) is 9.48 Å². The van der Waals surface area contributed by atoms with E-state index in [0.29, 0.717) is 13.1 Å². The zero-order valence-corrected chi connectivity index (χ0v) is 24.6. The van der Waals surface area contributed by atoms with Crippen LogP contribution in [0.25, 0.3) is 11.3 Å². The van der Waals surface area contributed by atoms with Crippen LogP contribution in [0.5, 0.6) is 0 Å². The first kappa shape index (κ1) is 32.6. The van der Waals surface area contributed by atoms with E-state index < -0.39 is 0 Å². The molecule has 6 heteroatoms. The molecule has 0 aliphatic heterocycles. The molecule has 0 saturated carbocycles. The van der Waals surface area contributed by atoms with E-state index >= 15 is 0 Å². The van der Waals surface area contributed by atoms with Crippen LogP contribution in [0.15, 0.2) is 47.3 Å². The van der Waals surface area contributed by atoms with E-state index in [9.17, 15) is 9.59 Å². The van der Waals surface area contributed by atoms with Crippen LogP contribution in [0, 0.1) is 0 Å². The first-order chi connectivity index (χ1) is 19.2. The summed E-state index contributed by atoms with van der Waals surface area (Å²) >= 11 is 0. The molecule has 0 spiro atoms. The van der Waals surface area contributed by atoms with Gasteiger partial charge in [0.25, 0.3) is 5.56 Å². The molecule has 0 fully saturated rings. The van der Waals surface area contributed by atoms with Crippen LogP contribution in [-0.4, -0.2) is 28.9 Å². The summed E-state index contributed by atoms with van der Waals surface area (Å²) < 4.78 is 1.51. The van der Waals surface area contributed by atoms with Gasteiger partial charge in [0.15, 0.2) is 0 Å². The molecule has 0 aliphatic rings. The number of benzene rings is 1. The lowest BCUT2D eigenvalue weighted by Crippen LogP contribution is -2.36. The smallest absolute Gasteiger partial charge is 0.314 e. The predicted octanol–water partition coefficient (Wildman–Crippen LogP) is 8.25. The fraction of sp³-hybridized carbons (Fsp3) is 0.667. The average molecular weight is 539 g/mol. The Balaban J connectivity index is 1.36. The van der Waals surface area contributed by atoms with Crippen molar-refractivity contribution in [1.82, 2.24) is 20.4 Å². The van der Waals surface area contributed by atoms with Crippen LogP contribution in [0.2, 0.25) is 0 Å². The van der Waals surface area contributed by atoms with Crippen molar-refractivity contribution in [2.75, 3.05) is 13.1 Å². The summed E-state index contributed by atoms with van der Waals surface area (Å²) in [5.74, 6) is 0. The zero-order chi connectivity index (χ0) is 27.8. The van der Waals surface area contributed by atoms with Gasteiger partial charge in [0.2, 0.25) is 0 Å². The number of carbonyl (C=O) groups is 1. The van der Waals surface area contributed by atoms with E-state index in [1.54, 1.807) is 12.1 Å². The summed E-state index contributed by atoms with van der Waals surface area (Å²) in [6.07, 6.45) is 23.2. The van der Waals surface area contributed by atoms with Crippen LogP contribution >= 0.6 is 0 Å². The second-order valence-electron chi connectivity index (χ2n) is 10.8. The van der Waals surface area contributed by atoms with Gasteiger partial charge < -0.3 is 10.6 Å². The first-order valence-electron chi connectivity index (χ1n) is 15.9. The third-order valence-corrected chi connectivity index (χ3v) is 7.33. The van der Waals surface area contributed by atoms with Gasteiger partial charge >= 0.3 is 6.03 Å². The number of aryl methyl sites for hydroxylation is 1. The fourth-order valence-electron chi connectivity index (χ4n) is 4.90. The summed E-state index contributed by atoms with van der Waals surface area (Å²) in [6, 6.07) is 13.1. The van der Waals surface area contributed by atoms with Crippen molar-refractivity contribution in [2.45, 2.75) is 129 Å². The van der Waals surface area contributed by atoms with Gasteiger partial charge in [-0.1, -0.05) is 134 Å². The Labute approximate surface area is 237 Å². The average Bonchev–Trinajstić information content (AvgIpc) is 2.96. The van der Waals surface area contributed by atoms with Gasteiger partial charge in [0.05, 0.1) is 5.69 Å². The summed E-state index contributed by atoms with van der Waals surface area (Å²) in [6.45, 7) is 4.15. The molecule has 2 amide bonds. The molecule has 0 aliphatic carbocycles. The number of urea groups is 1. The summed E-state index contributed by atoms with van der Waals surface area (Å²) in [5, 5.41) is 10.4. The van der Waals surface area contributed by atoms with Crippen molar-refractivity contribution in [3.63, 3.8) is 0 Å². The first-order valence-corrected chi connectivity index (χ1v) is 15.9. The highest BCUT2D eigenvalue weighted by molar-refractivity contribution is 5.73. The largest absolute Gasteiger partial charge is 0.338 e. The topological polar surface area (TPSA) is 76.0 Å². The van der Waals surface area contributed by atoms with Gasteiger partial charge in [-0.15, -0.1) is 0 Å². The molecule has 2 aromatic rings. The maximum atomic E-state index is 12.1. The van der Waals surface area contributed by atoms with Gasteiger partial charge in [0, 0.05) is 31.3 Å². The number of nitrogens with zero attached hydrogens (tertiary/aromatic N) is 2. The quantitative estimate of drug-likeness (QED) is 0.140. The Hall–Kier alpha value is -2.63. The number of amides is 2. The van der Waals surface area contributed by atoms with Crippen LogP contribution < -0.4 is 16.2 Å². The highest BCUT2D eigenvalue weighted by Crippen LogP contribution is 2.15. The van der Waals surface area contributed by atoms with E-state index in [1.165, 1.54) is 101 Å². The number of nitrogens with one attached hydrogen (secondary N) is 2. The third kappa shape index (κ3) is 16.2. The van der Waals surface area contributed by atoms with Crippen molar-refractivity contribution in [3.05, 3.63) is 52.8 Å². The van der Waals surface area contributed by atoms with Crippen LogP contribution in [0.4, 0.5) is 4.79 Å². The Morgan fingerprint density at radius 1 is 0.641 bits per heavy atom. The molecule has 6 nitrogen and oxygen atoms in total. The van der Waals surface area contributed by atoms with Gasteiger partial charge in [-0.2, -0.15) is 5.10 Å². The number of unbranched alkanes of at least 4 members (excludes halogenated alkanes) is 16. The maximum Gasteiger partial charge on any atom is 0.314 e. The van der Waals surface area contributed by atoms with E-state index in [1.807, 2.05) is 30.3 Å². The molecular weight excluding hydrogens is 484 g/mol.